The van der Waals surface area contributed by atoms with E-state index in [0.29, 0.717) is 5.41 Å². The minimum absolute atomic E-state index is 0.553. The Labute approximate surface area is 120 Å². The van der Waals surface area contributed by atoms with Crippen LogP contribution in [0.2, 0.25) is 0 Å². The predicted molar refractivity (Wildman–Crippen MR) is 83.4 cm³/mol. The third-order valence-corrected chi connectivity index (χ3v) is 5.49. The van der Waals surface area contributed by atoms with Crippen LogP contribution in [0, 0.1) is 17.3 Å². The number of nitrogens with zero attached hydrogens (tertiary/aromatic N) is 1. The van der Waals surface area contributed by atoms with Gasteiger partial charge in [0.15, 0.2) is 0 Å². The Bertz CT molecular complexity index is 274. The maximum Gasteiger partial charge on any atom is 0.0105 e. The third kappa shape index (κ3) is 4.46. The van der Waals surface area contributed by atoms with Gasteiger partial charge < -0.3 is 10.2 Å². The van der Waals surface area contributed by atoms with Crippen molar-refractivity contribution in [3.8, 4) is 0 Å². The first-order chi connectivity index (χ1) is 9.00. The zero-order valence-electron chi connectivity index (χ0n) is 13.5. The largest absolute Gasteiger partial charge is 0.317 e. The molecular formula is C17H34N2. The summed E-state index contributed by atoms with van der Waals surface area (Å²) in [6.07, 6.45) is 8.37. The van der Waals surface area contributed by atoms with Crippen molar-refractivity contribution in [2.45, 2.75) is 65.3 Å². The molecule has 3 unspecified atom stereocenters. The van der Waals surface area contributed by atoms with E-state index < -0.39 is 0 Å². The van der Waals surface area contributed by atoms with E-state index in [9.17, 15) is 0 Å². The van der Waals surface area contributed by atoms with Crippen LogP contribution < -0.4 is 5.32 Å². The molecule has 3 atom stereocenters. The third-order valence-electron chi connectivity index (χ3n) is 5.49. The van der Waals surface area contributed by atoms with Gasteiger partial charge in [-0.3, -0.25) is 0 Å². The van der Waals surface area contributed by atoms with Gasteiger partial charge in [0.05, 0.1) is 0 Å². The normalized spacial score (nSPS) is 36.9. The van der Waals surface area contributed by atoms with Crippen LogP contribution in [0.15, 0.2) is 0 Å². The molecule has 1 saturated heterocycles. The second kappa shape index (κ2) is 6.58. The minimum atomic E-state index is 0.553. The topological polar surface area (TPSA) is 15.3 Å². The van der Waals surface area contributed by atoms with Gasteiger partial charge in [-0.15, -0.1) is 0 Å². The van der Waals surface area contributed by atoms with Gasteiger partial charge in [0.2, 0.25) is 0 Å². The Morgan fingerprint density at radius 3 is 2.68 bits per heavy atom. The molecule has 0 aromatic carbocycles. The highest BCUT2D eigenvalue weighted by Gasteiger charge is 2.35. The summed E-state index contributed by atoms with van der Waals surface area (Å²) in [5.41, 5.74) is 0.553. The van der Waals surface area contributed by atoms with Crippen molar-refractivity contribution >= 4 is 0 Å². The van der Waals surface area contributed by atoms with Crippen LogP contribution in [0.3, 0.4) is 0 Å². The fraction of sp³-hybridized carbons (Fsp3) is 1.00. The zero-order chi connectivity index (χ0) is 13.9. The molecule has 2 fully saturated rings. The lowest BCUT2D eigenvalue weighted by molar-refractivity contribution is 0.104. The van der Waals surface area contributed by atoms with Crippen LogP contribution in [0.25, 0.3) is 0 Å². The van der Waals surface area contributed by atoms with E-state index in [1.165, 1.54) is 58.2 Å². The van der Waals surface area contributed by atoms with Gasteiger partial charge in [-0.1, -0.05) is 20.8 Å². The molecule has 0 amide bonds. The molecule has 0 spiro atoms. The Balaban J connectivity index is 1.91. The highest BCUT2D eigenvalue weighted by molar-refractivity contribution is 4.90. The lowest BCUT2D eigenvalue weighted by Gasteiger charge is -2.42. The monoisotopic (exact) mass is 266 g/mol. The number of hydrogen-bond acceptors (Lipinski definition) is 2. The first kappa shape index (κ1) is 15.3. The molecule has 19 heavy (non-hydrogen) atoms. The number of hydrogen-bond donors (Lipinski definition) is 1. The molecule has 0 aromatic rings. The van der Waals surface area contributed by atoms with Crippen molar-refractivity contribution in [3.05, 3.63) is 0 Å². The summed E-state index contributed by atoms with van der Waals surface area (Å²) < 4.78 is 0. The van der Waals surface area contributed by atoms with E-state index in [1.807, 2.05) is 0 Å². The highest BCUT2D eigenvalue weighted by atomic mass is 15.1. The van der Waals surface area contributed by atoms with Crippen molar-refractivity contribution in [2.24, 2.45) is 17.3 Å². The van der Waals surface area contributed by atoms with Crippen molar-refractivity contribution in [2.75, 3.05) is 26.7 Å². The van der Waals surface area contributed by atoms with Gasteiger partial charge in [-0.2, -0.15) is 0 Å². The molecule has 1 saturated carbocycles. The van der Waals surface area contributed by atoms with Gasteiger partial charge in [0.1, 0.15) is 0 Å². The molecule has 1 heterocycles. The SMILES string of the molecule is CNC1CCC(C)(C)CC1CN1CCCC(C)CC1. The van der Waals surface area contributed by atoms with Crippen molar-refractivity contribution in [1.82, 2.24) is 10.2 Å². The fourth-order valence-corrected chi connectivity index (χ4v) is 4.14. The summed E-state index contributed by atoms with van der Waals surface area (Å²) in [5.74, 6) is 1.79. The molecule has 0 bridgehead atoms. The van der Waals surface area contributed by atoms with Gasteiger partial charge in [0, 0.05) is 12.6 Å². The molecule has 2 nitrogen and oxygen atoms in total. The van der Waals surface area contributed by atoms with Gasteiger partial charge in [-0.05, 0) is 75.9 Å². The quantitative estimate of drug-likeness (QED) is 0.841. The highest BCUT2D eigenvalue weighted by Crippen LogP contribution is 2.39. The van der Waals surface area contributed by atoms with Gasteiger partial charge in [-0.25, -0.2) is 0 Å². The Morgan fingerprint density at radius 1 is 1.16 bits per heavy atom. The molecule has 112 valence electrons. The van der Waals surface area contributed by atoms with E-state index in [4.69, 9.17) is 0 Å². The summed E-state index contributed by atoms with van der Waals surface area (Å²) in [7, 11) is 2.15. The van der Waals surface area contributed by atoms with Crippen LogP contribution in [-0.2, 0) is 0 Å². The average Bonchev–Trinajstić information content (AvgIpc) is 2.54. The van der Waals surface area contributed by atoms with E-state index in [2.05, 4.69) is 38.0 Å². The maximum absolute atomic E-state index is 3.58. The summed E-state index contributed by atoms with van der Waals surface area (Å²) in [4.78, 5) is 2.75. The maximum atomic E-state index is 3.58. The van der Waals surface area contributed by atoms with Crippen LogP contribution in [0.5, 0.6) is 0 Å². The second-order valence-corrected chi connectivity index (χ2v) is 7.90. The molecule has 2 rings (SSSR count). The second-order valence-electron chi connectivity index (χ2n) is 7.90. The number of nitrogens with one attached hydrogen (secondary N) is 1. The lowest BCUT2D eigenvalue weighted by Crippen LogP contribution is -2.46. The van der Waals surface area contributed by atoms with Crippen LogP contribution in [0.4, 0.5) is 0 Å². The minimum Gasteiger partial charge on any atom is -0.317 e. The van der Waals surface area contributed by atoms with Crippen LogP contribution in [0.1, 0.15) is 59.3 Å². The van der Waals surface area contributed by atoms with Gasteiger partial charge in [0.25, 0.3) is 0 Å². The van der Waals surface area contributed by atoms with Crippen LogP contribution >= 0.6 is 0 Å². The van der Waals surface area contributed by atoms with E-state index in [1.54, 1.807) is 0 Å². The van der Waals surface area contributed by atoms with E-state index >= 15 is 0 Å². The fourth-order valence-electron chi connectivity index (χ4n) is 4.14. The Hall–Kier alpha value is -0.0800. The van der Waals surface area contributed by atoms with Crippen molar-refractivity contribution in [1.29, 1.82) is 0 Å². The molecule has 2 aliphatic rings. The smallest absolute Gasteiger partial charge is 0.0105 e. The molecule has 2 heteroatoms. The average molecular weight is 266 g/mol. The molecule has 1 N–H and O–H groups in total. The first-order valence-corrected chi connectivity index (χ1v) is 8.40. The van der Waals surface area contributed by atoms with Crippen molar-refractivity contribution in [3.63, 3.8) is 0 Å². The first-order valence-electron chi connectivity index (χ1n) is 8.40. The lowest BCUT2D eigenvalue weighted by atomic mass is 9.69. The standard InChI is InChI=1S/C17H34N2/c1-14-6-5-10-19(11-8-14)13-15-12-17(2,3)9-7-16(15)18-4/h14-16,18H,5-13H2,1-4H3. The van der Waals surface area contributed by atoms with Crippen LogP contribution in [-0.4, -0.2) is 37.6 Å². The molecule has 1 aliphatic carbocycles. The Kier molecular flexibility index (Phi) is 5.30. The number of rotatable bonds is 3. The molecule has 0 radical (unpaired) electrons. The predicted octanol–water partition coefficient (Wildman–Crippen LogP) is 3.52. The Morgan fingerprint density at radius 2 is 1.95 bits per heavy atom. The summed E-state index contributed by atoms with van der Waals surface area (Å²) in [6, 6.07) is 0.744. The number of likely N-dealkylation sites (tertiary alicyclic amines) is 1. The molecule has 1 aliphatic heterocycles. The molecule has 0 aromatic heterocycles. The van der Waals surface area contributed by atoms with Gasteiger partial charge >= 0.3 is 0 Å². The summed E-state index contributed by atoms with van der Waals surface area (Å²) in [6.45, 7) is 11.3. The summed E-state index contributed by atoms with van der Waals surface area (Å²) >= 11 is 0. The van der Waals surface area contributed by atoms with E-state index in [-0.39, 0.29) is 0 Å². The zero-order valence-corrected chi connectivity index (χ0v) is 13.5. The van der Waals surface area contributed by atoms with E-state index in [0.717, 1.165) is 17.9 Å². The van der Waals surface area contributed by atoms with Crippen molar-refractivity contribution < 1.29 is 0 Å². The molecular weight excluding hydrogens is 232 g/mol. The summed E-state index contributed by atoms with van der Waals surface area (Å²) in [5, 5.41) is 3.58.